The molecule has 1 spiro atoms. The molecule has 1 fully saturated rings. The van der Waals surface area contributed by atoms with E-state index in [1.165, 1.54) is 114 Å². The van der Waals surface area contributed by atoms with Gasteiger partial charge in [-0.15, -0.1) is 0 Å². The Bertz CT molecular complexity index is 3370. The molecule has 0 unspecified atom stereocenters. The fourth-order valence-corrected chi connectivity index (χ4v) is 12.3. The molecule has 3 aliphatic rings. The molecule has 0 N–H and O–H groups in total. The second-order valence-electron chi connectivity index (χ2n) is 17.9. The highest BCUT2D eigenvalue weighted by Gasteiger charge is 2.47. The molecule has 63 heavy (non-hydrogen) atoms. The summed E-state index contributed by atoms with van der Waals surface area (Å²) in [7, 11) is 0. The minimum atomic E-state index is -0.507. The topological polar surface area (TPSA) is 3.24 Å². The second-order valence-corrected chi connectivity index (χ2v) is 17.9. The van der Waals surface area contributed by atoms with Crippen LogP contribution in [-0.4, -0.2) is 0 Å². The predicted octanol–water partition coefficient (Wildman–Crippen LogP) is 16.3. The average molecular weight is 804 g/mol. The number of hydrogen-bond acceptors (Lipinski definition) is 1. The molecule has 1 saturated carbocycles. The van der Waals surface area contributed by atoms with Crippen LogP contribution >= 0.6 is 0 Å². The first-order valence-corrected chi connectivity index (χ1v) is 22.6. The van der Waals surface area contributed by atoms with Crippen molar-refractivity contribution >= 4 is 38.6 Å². The van der Waals surface area contributed by atoms with Crippen molar-refractivity contribution in [3.63, 3.8) is 0 Å². The number of hydrogen-bond donors (Lipinski definition) is 0. The lowest BCUT2D eigenvalue weighted by Gasteiger charge is -2.35. The summed E-state index contributed by atoms with van der Waals surface area (Å²) in [4.78, 5) is 2.51. The van der Waals surface area contributed by atoms with E-state index in [9.17, 15) is 0 Å². The zero-order valence-corrected chi connectivity index (χ0v) is 35.1. The van der Waals surface area contributed by atoms with Crippen molar-refractivity contribution in [3.05, 3.63) is 258 Å². The maximum Gasteiger partial charge on any atom is 0.0714 e. The average Bonchev–Trinajstić information content (AvgIpc) is 4.05. The Morgan fingerprint density at radius 1 is 0.333 bits per heavy atom. The molecule has 0 heterocycles. The summed E-state index contributed by atoms with van der Waals surface area (Å²) < 4.78 is 0. The standard InChI is InChI=1S/C62H45N/c1-3-19-45(20-4-1)62(46-21-5-2-6-22-46)58-30-12-10-25-52(58)54-36-35-49(41-59(54)62)63(48-34-33-43-32-31-42-17-7-8-24-50(42)56(43)40-48)47-23-15-18-44(39-47)51-27-16-28-55-53-26-9-11-29-57(53)61(60(51)55)37-13-14-38-61/h1-12,15-36,39-41H,13-14,37-38H2. The fourth-order valence-electron chi connectivity index (χ4n) is 12.3. The van der Waals surface area contributed by atoms with E-state index in [1.807, 2.05) is 0 Å². The Morgan fingerprint density at radius 3 is 1.65 bits per heavy atom. The molecule has 0 atom stereocenters. The van der Waals surface area contributed by atoms with Crippen molar-refractivity contribution in [1.29, 1.82) is 0 Å². The quantitative estimate of drug-likeness (QED) is 0.151. The largest absolute Gasteiger partial charge is 0.310 e. The van der Waals surface area contributed by atoms with Gasteiger partial charge in [0.2, 0.25) is 0 Å². The van der Waals surface area contributed by atoms with Crippen molar-refractivity contribution in [2.24, 2.45) is 0 Å². The SMILES string of the molecule is c1ccc(C2(c3ccccc3)c3ccccc3-c3ccc(N(c4cccc(-c5cccc6c5C5(CCCC5)c5ccccc5-6)c4)c4ccc5ccc6ccccc6c5c4)cc32)cc1. The van der Waals surface area contributed by atoms with Gasteiger partial charge in [0.25, 0.3) is 0 Å². The van der Waals surface area contributed by atoms with E-state index in [-0.39, 0.29) is 5.41 Å². The Hall–Kier alpha value is -7.48. The highest BCUT2D eigenvalue weighted by atomic mass is 15.1. The van der Waals surface area contributed by atoms with E-state index in [1.54, 1.807) is 0 Å². The van der Waals surface area contributed by atoms with Gasteiger partial charge < -0.3 is 4.90 Å². The minimum absolute atomic E-state index is 0.0603. The van der Waals surface area contributed by atoms with Gasteiger partial charge >= 0.3 is 0 Å². The first-order valence-electron chi connectivity index (χ1n) is 22.6. The van der Waals surface area contributed by atoms with Crippen LogP contribution in [0.4, 0.5) is 17.1 Å². The summed E-state index contributed by atoms with van der Waals surface area (Å²) in [5.41, 5.74) is 19.2. The molecule has 3 aliphatic carbocycles. The molecule has 1 heteroatoms. The summed E-state index contributed by atoms with van der Waals surface area (Å²) in [6.07, 6.45) is 4.93. The molecule has 13 rings (SSSR count). The highest BCUT2D eigenvalue weighted by molar-refractivity contribution is 6.09. The third-order valence-electron chi connectivity index (χ3n) is 14.8. The van der Waals surface area contributed by atoms with Gasteiger partial charge in [-0.25, -0.2) is 0 Å². The summed E-state index contributed by atoms with van der Waals surface area (Å²) in [5.74, 6) is 0. The van der Waals surface area contributed by atoms with E-state index in [4.69, 9.17) is 0 Å². The van der Waals surface area contributed by atoms with Crippen molar-refractivity contribution in [1.82, 2.24) is 0 Å². The van der Waals surface area contributed by atoms with Crippen LogP contribution in [0.5, 0.6) is 0 Å². The number of anilines is 3. The van der Waals surface area contributed by atoms with Crippen LogP contribution in [0.25, 0.3) is 54.9 Å². The third-order valence-corrected chi connectivity index (χ3v) is 14.8. The van der Waals surface area contributed by atoms with Crippen molar-refractivity contribution in [2.75, 3.05) is 4.90 Å². The summed E-state index contributed by atoms with van der Waals surface area (Å²) >= 11 is 0. The number of benzene rings is 10. The van der Waals surface area contributed by atoms with Gasteiger partial charge in [0.15, 0.2) is 0 Å². The zero-order valence-electron chi connectivity index (χ0n) is 35.1. The number of rotatable bonds is 6. The van der Waals surface area contributed by atoms with Crippen LogP contribution in [-0.2, 0) is 10.8 Å². The molecule has 0 amide bonds. The van der Waals surface area contributed by atoms with Crippen molar-refractivity contribution in [3.8, 4) is 33.4 Å². The highest BCUT2D eigenvalue weighted by Crippen LogP contribution is 2.60. The Kier molecular flexibility index (Phi) is 8.06. The summed E-state index contributed by atoms with van der Waals surface area (Å²) in [5, 5.41) is 5.01. The molecule has 0 saturated heterocycles. The molecular weight excluding hydrogens is 759 g/mol. The molecule has 10 aromatic rings. The molecular formula is C62H45N. The van der Waals surface area contributed by atoms with Gasteiger partial charge in [-0.1, -0.05) is 201 Å². The van der Waals surface area contributed by atoms with E-state index in [0.29, 0.717) is 0 Å². The molecule has 0 aliphatic heterocycles. The normalized spacial score (nSPS) is 15.0. The molecule has 10 aromatic carbocycles. The molecule has 0 aromatic heterocycles. The lowest BCUT2D eigenvalue weighted by Crippen LogP contribution is -2.28. The molecule has 0 bridgehead atoms. The lowest BCUT2D eigenvalue weighted by atomic mass is 9.67. The van der Waals surface area contributed by atoms with E-state index >= 15 is 0 Å². The Balaban J connectivity index is 1.06. The molecule has 298 valence electrons. The third kappa shape index (κ3) is 5.23. The van der Waals surface area contributed by atoms with E-state index in [2.05, 4.69) is 229 Å². The van der Waals surface area contributed by atoms with Gasteiger partial charge in [0.1, 0.15) is 0 Å². The summed E-state index contributed by atoms with van der Waals surface area (Å²) in [6.45, 7) is 0. The van der Waals surface area contributed by atoms with Gasteiger partial charge in [0, 0.05) is 22.5 Å². The summed E-state index contributed by atoms with van der Waals surface area (Å²) in [6, 6.07) is 84.5. The first-order chi connectivity index (χ1) is 31.2. The van der Waals surface area contributed by atoms with Gasteiger partial charge in [-0.2, -0.15) is 0 Å². The maximum absolute atomic E-state index is 2.51. The van der Waals surface area contributed by atoms with Gasteiger partial charge in [-0.05, 0) is 138 Å². The molecule has 0 radical (unpaired) electrons. The van der Waals surface area contributed by atoms with Crippen LogP contribution in [0, 0.1) is 0 Å². The second kappa shape index (κ2) is 14.0. The Labute approximate surface area is 369 Å². The number of nitrogens with zero attached hydrogens (tertiary/aromatic N) is 1. The van der Waals surface area contributed by atoms with E-state index in [0.717, 1.165) is 17.1 Å². The molecule has 1 nitrogen and oxygen atoms in total. The van der Waals surface area contributed by atoms with Crippen LogP contribution in [0.1, 0.15) is 59.1 Å². The van der Waals surface area contributed by atoms with Crippen molar-refractivity contribution < 1.29 is 0 Å². The zero-order chi connectivity index (χ0) is 41.5. The van der Waals surface area contributed by atoms with Gasteiger partial charge in [0.05, 0.1) is 5.41 Å². The smallest absolute Gasteiger partial charge is 0.0714 e. The predicted molar refractivity (Wildman–Crippen MR) is 264 cm³/mol. The van der Waals surface area contributed by atoms with Crippen molar-refractivity contribution in [2.45, 2.75) is 36.5 Å². The number of fused-ring (bicyclic) bond motifs is 11. The maximum atomic E-state index is 2.51. The van der Waals surface area contributed by atoms with E-state index < -0.39 is 5.41 Å². The Morgan fingerprint density at radius 2 is 0.873 bits per heavy atom. The van der Waals surface area contributed by atoms with Crippen LogP contribution in [0.3, 0.4) is 0 Å². The van der Waals surface area contributed by atoms with Gasteiger partial charge in [-0.3, -0.25) is 0 Å². The lowest BCUT2D eigenvalue weighted by molar-refractivity contribution is 0.551. The minimum Gasteiger partial charge on any atom is -0.310 e. The van der Waals surface area contributed by atoms with Crippen LogP contribution in [0.15, 0.2) is 224 Å². The first kappa shape index (κ1) is 36.2. The van der Waals surface area contributed by atoms with Crippen LogP contribution in [0.2, 0.25) is 0 Å². The monoisotopic (exact) mass is 803 g/mol. The fraction of sp³-hybridized carbons (Fsp3) is 0.0968. The van der Waals surface area contributed by atoms with Crippen LogP contribution < -0.4 is 4.90 Å².